The molecule has 1 atom stereocenters. The fraction of sp³-hybridized carbons (Fsp3) is 0.391. The lowest BCUT2D eigenvalue weighted by Crippen LogP contribution is -2.46. The van der Waals surface area contributed by atoms with Crippen molar-refractivity contribution in [3.63, 3.8) is 0 Å². The van der Waals surface area contributed by atoms with Crippen LogP contribution in [-0.2, 0) is 4.79 Å². The van der Waals surface area contributed by atoms with Crippen LogP contribution in [0.5, 0.6) is 17.2 Å². The van der Waals surface area contributed by atoms with Crippen molar-refractivity contribution in [2.24, 2.45) is 0 Å². The van der Waals surface area contributed by atoms with Crippen LogP contribution in [0.2, 0.25) is 0 Å². The summed E-state index contributed by atoms with van der Waals surface area (Å²) in [5, 5.41) is 3.00. The Morgan fingerprint density at radius 3 is 2.58 bits per heavy atom. The van der Waals surface area contributed by atoms with E-state index in [0.29, 0.717) is 44.4 Å². The van der Waals surface area contributed by atoms with Gasteiger partial charge < -0.3 is 24.4 Å². The third-order valence-corrected chi connectivity index (χ3v) is 5.31. The van der Waals surface area contributed by atoms with Gasteiger partial charge in [0.2, 0.25) is 5.91 Å². The number of urea groups is 1. The molecule has 2 aromatic rings. The Morgan fingerprint density at radius 1 is 1.13 bits per heavy atom. The Kier molecular flexibility index (Phi) is 6.16. The number of anilines is 2. The van der Waals surface area contributed by atoms with Crippen LogP contribution in [0.3, 0.4) is 0 Å². The number of fused-ring (bicyclic) bond motifs is 1. The number of ether oxygens (including phenoxy) is 3. The summed E-state index contributed by atoms with van der Waals surface area (Å²) < 4.78 is 16.6. The van der Waals surface area contributed by atoms with Crippen molar-refractivity contribution in [2.75, 3.05) is 42.7 Å². The average molecular weight is 425 g/mol. The van der Waals surface area contributed by atoms with Crippen molar-refractivity contribution >= 4 is 23.3 Å². The monoisotopic (exact) mass is 425 g/mol. The quantitative estimate of drug-likeness (QED) is 0.769. The average Bonchev–Trinajstić information content (AvgIpc) is 3.15. The van der Waals surface area contributed by atoms with Gasteiger partial charge in [-0.1, -0.05) is 0 Å². The normalized spacial score (nSPS) is 17.4. The Bertz CT molecular complexity index is 947. The number of hydrogen-bond acceptors (Lipinski definition) is 5. The maximum absolute atomic E-state index is 12.9. The largest absolute Gasteiger partial charge is 0.494 e. The minimum Gasteiger partial charge on any atom is -0.494 e. The van der Waals surface area contributed by atoms with Gasteiger partial charge in [-0.2, -0.15) is 0 Å². The molecule has 2 aromatic carbocycles. The van der Waals surface area contributed by atoms with Crippen LogP contribution in [0, 0.1) is 0 Å². The molecule has 8 heteroatoms. The molecule has 4 rings (SSSR count). The van der Waals surface area contributed by atoms with Crippen molar-refractivity contribution in [3.8, 4) is 17.2 Å². The highest BCUT2D eigenvalue weighted by molar-refractivity contribution is 5.98. The van der Waals surface area contributed by atoms with E-state index in [2.05, 4.69) is 5.32 Å². The fourth-order valence-corrected chi connectivity index (χ4v) is 3.84. The molecular formula is C23H27N3O5. The number of nitrogens with one attached hydrogen (secondary N) is 1. The van der Waals surface area contributed by atoms with Crippen molar-refractivity contribution in [1.82, 2.24) is 5.32 Å². The highest BCUT2D eigenvalue weighted by atomic mass is 16.6. The summed E-state index contributed by atoms with van der Waals surface area (Å²) in [6.45, 7) is 6.35. The van der Waals surface area contributed by atoms with Gasteiger partial charge in [-0.05, 0) is 50.2 Å². The molecule has 0 aromatic heterocycles. The van der Waals surface area contributed by atoms with Gasteiger partial charge in [-0.25, -0.2) is 4.79 Å². The second-order valence-electron chi connectivity index (χ2n) is 7.35. The van der Waals surface area contributed by atoms with Crippen LogP contribution >= 0.6 is 0 Å². The number of amides is 3. The van der Waals surface area contributed by atoms with Crippen molar-refractivity contribution < 1.29 is 23.8 Å². The number of rotatable bonds is 6. The SMILES string of the molecule is CCOc1ccc(N(CC)C(=O)NC2CC(=O)N(c3ccc4c(c3)OCCO4)C2)cc1. The van der Waals surface area contributed by atoms with Crippen molar-refractivity contribution in [2.45, 2.75) is 26.3 Å². The molecule has 1 saturated heterocycles. The molecule has 0 saturated carbocycles. The zero-order chi connectivity index (χ0) is 21.8. The number of carbonyl (C=O) groups is 2. The van der Waals surface area contributed by atoms with Gasteiger partial charge in [0.15, 0.2) is 11.5 Å². The summed E-state index contributed by atoms with van der Waals surface area (Å²) in [4.78, 5) is 28.8. The molecule has 0 bridgehead atoms. The van der Waals surface area contributed by atoms with Crippen LogP contribution in [0.1, 0.15) is 20.3 Å². The van der Waals surface area contributed by atoms with Gasteiger partial charge in [-0.15, -0.1) is 0 Å². The van der Waals surface area contributed by atoms with Gasteiger partial charge in [-0.3, -0.25) is 9.69 Å². The first-order valence-corrected chi connectivity index (χ1v) is 10.6. The topological polar surface area (TPSA) is 80.3 Å². The molecule has 3 amide bonds. The molecule has 1 unspecified atom stereocenters. The lowest BCUT2D eigenvalue weighted by Gasteiger charge is -2.24. The molecule has 0 spiro atoms. The van der Waals surface area contributed by atoms with E-state index in [-0.39, 0.29) is 24.4 Å². The van der Waals surface area contributed by atoms with E-state index in [0.717, 1.165) is 17.1 Å². The molecule has 1 fully saturated rings. The van der Waals surface area contributed by atoms with E-state index < -0.39 is 0 Å². The summed E-state index contributed by atoms with van der Waals surface area (Å²) in [6, 6.07) is 12.4. The van der Waals surface area contributed by atoms with Crippen LogP contribution in [0.25, 0.3) is 0 Å². The summed E-state index contributed by atoms with van der Waals surface area (Å²) >= 11 is 0. The van der Waals surface area contributed by atoms with Gasteiger partial charge >= 0.3 is 6.03 Å². The highest BCUT2D eigenvalue weighted by Gasteiger charge is 2.33. The second kappa shape index (κ2) is 9.16. The molecule has 2 aliphatic rings. The van der Waals surface area contributed by atoms with E-state index >= 15 is 0 Å². The molecule has 1 N–H and O–H groups in total. The third kappa shape index (κ3) is 4.52. The van der Waals surface area contributed by atoms with E-state index in [1.165, 1.54) is 0 Å². The van der Waals surface area contributed by atoms with Crippen molar-refractivity contribution in [3.05, 3.63) is 42.5 Å². The van der Waals surface area contributed by atoms with Gasteiger partial charge in [0, 0.05) is 37.0 Å². The van der Waals surface area contributed by atoms with E-state index in [4.69, 9.17) is 14.2 Å². The van der Waals surface area contributed by atoms with Crippen LogP contribution in [-0.4, -0.2) is 50.9 Å². The van der Waals surface area contributed by atoms with E-state index in [9.17, 15) is 9.59 Å². The van der Waals surface area contributed by atoms with Gasteiger partial charge in [0.25, 0.3) is 0 Å². The van der Waals surface area contributed by atoms with Gasteiger partial charge in [0.1, 0.15) is 19.0 Å². The Balaban J connectivity index is 1.41. The Hall–Kier alpha value is -3.42. The summed E-state index contributed by atoms with van der Waals surface area (Å²) in [5.41, 5.74) is 1.52. The lowest BCUT2D eigenvalue weighted by atomic mass is 10.2. The number of carbonyl (C=O) groups excluding carboxylic acids is 2. The van der Waals surface area contributed by atoms with E-state index in [1.54, 1.807) is 9.80 Å². The summed E-state index contributed by atoms with van der Waals surface area (Å²) in [6.07, 6.45) is 0.251. The van der Waals surface area contributed by atoms with E-state index in [1.807, 2.05) is 56.3 Å². The van der Waals surface area contributed by atoms with Crippen molar-refractivity contribution in [1.29, 1.82) is 0 Å². The van der Waals surface area contributed by atoms with Gasteiger partial charge in [0.05, 0.1) is 12.6 Å². The maximum Gasteiger partial charge on any atom is 0.322 e. The maximum atomic E-state index is 12.9. The smallest absolute Gasteiger partial charge is 0.322 e. The Labute approximate surface area is 181 Å². The fourth-order valence-electron chi connectivity index (χ4n) is 3.84. The molecule has 0 aliphatic carbocycles. The predicted molar refractivity (Wildman–Crippen MR) is 117 cm³/mol. The first-order valence-electron chi connectivity index (χ1n) is 10.6. The molecular weight excluding hydrogens is 398 g/mol. The number of hydrogen-bond donors (Lipinski definition) is 1. The second-order valence-corrected chi connectivity index (χ2v) is 7.35. The minimum absolute atomic E-state index is 0.0360. The summed E-state index contributed by atoms with van der Waals surface area (Å²) in [7, 11) is 0. The molecule has 31 heavy (non-hydrogen) atoms. The zero-order valence-corrected chi connectivity index (χ0v) is 17.8. The third-order valence-electron chi connectivity index (χ3n) is 5.31. The molecule has 2 aliphatic heterocycles. The minimum atomic E-state index is -0.273. The molecule has 164 valence electrons. The summed E-state index contributed by atoms with van der Waals surface area (Å²) in [5.74, 6) is 2.04. The van der Waals surface area contributed by atoms with Crippen LogP contribution < -0.4 is 29.3 Å². The standard InChI is InChI=1S/C23H27N3O5/c1-3-25(17-5-8-19(9-6-17)29-4-2)23(28)24-16-13-22(27)26(15-16)18-7-10-20-21(14-18)31-12-11-30-20/h5-10,14,16H,3-4,11-13,15H2,1-2H3,(H,24,28). The van der Waals surface area contributed by atoms with Crippen LogP contribution in [0.4, 0.5) is 16.2 Å². The molecule has 2 heterocycles. The lowest BCUT2D eigenvalue weighted by molar-refractivity contribution is -0.117. The number of nitrogens with zero attached hydrogens (tertiary/aromatic N) is 2. The first kappa shape index (κ1) is 20.8. The Morgan fingerprint density at radius 2 is 1.87 bits per heavy atom. The highest BCUT2D eigenvalue weighted by Crippen LogP contribution is 2.35. The van der Waals surface area contributed by atoms with Crippen LogP contribution in [0.15, 0.2) is 42.5 Å². The molecule has 0 radical (unpaired) electrons. The zero-order valence-electron chi connectivity index (χ0n) is 17.8. The number of benzene rings is 2. The first-order chi connectivity index (χ1) is 15.1. The molecule has 8 nitrogen and oxygen atoms in total. The predicted octanol–water partition coefficient (Wildman–Crippen LogP) is 3.20.